The van der Waals surface area contributed by atoms with Gasteiger partial charge in [0.2, 0.25) is 0 Å². The maximum Gasteiger partial charge on any atom is 0.317 e. The van der Waals surface area contributed by atoms with Crippen molar-refractivity contribution in [1.29, 1.82) is 0 Å². The molecule has 43 heavy (non-hydrogen) atoms. The fraction of sp³-hybridized carbons (Fsp3) is 1.00. The first-order valence-corrected chi connectivity index (χ1v) is 32.7. The van der Waals surface area contributed by atoms with Crippen LogP contribution in [-0.2, 0) is 16.5 Å². The van der Waals surface area contributed by atoms with Crippen molar-refractivity contribution in [3.05, 3.63) is 0 Å². The molecule has 2 aliphatic rings. The topological polar surface area (TPSA) is 36.9 Å². The molecule has 3 atom stereocenters. The van der Waals surface area contributed by atoms with Gasteiger partial charge in [-0.15, -0.1) is 0 Å². The Hall–Kier alpha value is 0.924. The maximum atomic E-state index is 7.55. The summed E-state index contributed by atoms with van der Waals surface area (Å²) in [6.45, 7) is 24.1. The molecule has 0 aromatic rings. The van der Waals surface area contributed by atoms with Crippen LogP contribution >= 0.6 is 0 Å². The van der Waals surface area contributed by atoms with E-state index in [1.165, 1.54) is 122 Å². The van der Waals surface area contributed by atoms with Gasteiger partial charge in [0.1, 0.15) is 0 Å². The fourth-order valence-electron chi connectivity index (χ4n) is 8.14. The fourth-order valence-corrected chi connectivity index (χ4v) is 35.6. The summed E-state index contributed by atoms with van der Waals surface area (Å²) in [6.07, 6.45) is 24.0. The Morgan fingerprint density at radius 1 is 0.465 bits per heavy atom. The van der Waals surface area contributed by atoms with Gasteiger partial charge >= 0.3 is 25.7 Å². The first kappa shape index (κ1) is 40.1. The standard InChI is InChI=1S/C34H76O4Si5/c1-11-14-30-41(8,35-39(4,5)29-23-26-33-24-19-17-20-25-33)37-43(10,32-16-13-3)38-42(9,31-15-12-2)36-40(6,7)34-27-21-18-22-28-34/h33-34H,11-32H2,1-10H3. The molecule has 2 rings (SSSR count). The van der Waals surface area contributed by atoms with E-state index in [-0.39, 0.29) is 0 Å². The van der Waals surface area contributed by atoms with Gasteiger partial charge in [0.05, 0.1) is 0 Å². The Morgan fingerprint density at radius 3 is 1.35 bits per heavy atom. The highest BCUT2D eigenvalue weighted by atomic mass is 28.5. The van der Waals surface area contributed by atoms with Gasteiger partial charge in [-0.1, -0.05) is 136 Å². The zero-order chi connectivity index (χ0) is 32.0. The van der Waals surface area contributed by atoms with Crippen LogP contribution in [0, 0.1) is 5.92 Å². The summed E-state index contributed by atoms with van der Waals surface area (Å²) in [5, 5.41) is 0. The molecule has 2 fully saturated rings. The molecule has 0 aromatic carbocycles. The number of unbranched alkanes of at least 4 members (excludes halogenated alkanes) is 3. The Labute approximate surface area is 275 Å². The van der Waals surface area contributed by atoms with Gasteiger partial charge in [-0.05, 0) is 81.5 Å². The van der Waals surface area contributed by atoms with E-state index in [9.17, 15) is 0 Å². The highest BCUT2D eigenvalue weighted by Crippen LogP contribution is 2.41. The molecule has 0 aliphatic heterocycles. The average Bonchev–Trinajstić information content (AvgIpc) is 2.94. The van der Waals surface area contributed by atoms with E-state index in [1.54, 1.807) is 0 Å². The molecule has 4 nitrogen and oxygen atoms in total. The van der Waals surface area contributed by atoms with E-state index < -0.39 is 42.3 Å². The van der Waals surface area contributed by atoms with Crippen molar-refractivity contribution in [1.82, 2.24) is 0 Å². The Morgan fingerprint density at radius 2 is 0.884 bits per heavy atom. The molecule has 0 bridgehead atoms. The molecule has 0 heterocycles. The number of hydrogen-bond donors (Lipinski definition) is 0. The minimum absolute atomic E-state index is 0.774. The van der Waals surface area contributed by atoms with Crippen LogP contribution in [0.2, 0.25) is 75.5 Å². The lowest BCUT2D eigenvalue weighted by Crippen LogP contribution is -2.61. The normalized spacial score (nSPS) is 22.2. The van der Waals surface area contributed by atoms with Crippen molar-refractivity contribution in [2.75, 3.05) is 0 Å². The smallest absolute Gasteiger partial charge is 0.317 e. The molecule has 0 radical (unpaired) electrons. The lowest BCUT2D eigenvalue weighted by Gasteiger charge is -2.47. The monoisotopic (exact) mass is 688 g/mol. The summed E-state index contributed by atoms with van der Waals surface area (Å²) in [4.78, 5) is 0. The Bertz CT molecular complexity index is 759. The van der Waals surface area contributed by atoms with Crippen LogP contribution in [0.1, 0.15) is 136 Å². The van der Waals surface area contributed by atoms with Gasteiger partial charge in [0, 0.05) is 0 Å². The van der Waals surface area contributed by atoms with Crippen LogP contribution in [0.25, 0.3) is 0 Å². The number of rotatable bonds is 22. The molecular formula is C34H76O4Si5. The minimum Gasteiger partial charge on any atom is -0.436 e. The second kappa shape index (κ2) is 19.1. The van der Waals surface area contributed by atoms with Crippen LogP contribution in [0.15, 0.2) is 0 Å². The van der Waals surface area contributed by atoms with E-state index in [4.69, 9.17) is 16.5 Å². The van der Waals surface area contributed by atoms with Gasteiger partial charge in [0.15, 0.2) is 16.6 Å². The summed E-state index contributed by atoms with van der Waals surface area (Å²) in [7, 11) is -11.1. The van der Waals surface area contributed by atoms with Gasteiger partial charge in [0.25, 0.3) is 0 Å². The molecule has 3 unspecified atom stereocenters. The molecule has 2 saturated carbocycles. The summed E-state index contributed by atoms with van der Waals surface area (Å²) in [5.74, 6) is 0.962. The van der Waals surface area contributed by atoms with Gasteiger partial charge in [-0.25, -0.2) is 0 Å². The quantitative estimate of drug-likeness (QED) is 0.106. The van der Waals surface area contributed by atoms with Crippen LogP contribution < -0.4 is 0 Å². The molecule has 256 valence electrons. The van der Waals surface area contributed by atoms with E-state index in [2.05, 4.69) is 66.6 Å². The predicted molar refractivity (Wildman–Crippen MR) is 201 cm³/mol. The second-order valence-electron chi connectivity index (χ2n) is 16.2. The van der Waals surface area contributed by atoms with Gasteiger partial charge in [-0.2, -0.15) is 0 Å². The summed E-state index contributed by atoms with van der Waals surface area (Å²) < 4.78 is 29.9. The molecule has 0 saturated heterocycles. The minimum atomic E-state index is -2.53. The van der Waals surface area contributed by atoms with Crippen molar-refractivity contribution in [2.45, 2.75) is 212 Å². The first-order chi connectivity index (χ1) is 20.2. The van der Waals surface area contributed by atoms with Crippen molar-refractivity contribution < 1.29 is 16.5 Å². The Balaban J connectivity index is 2.24. The molecule has 2 aliphatic carbocycles. The first-order valence-electron chi connectivity index (χ1n) is 19.0. The average molecular weight is 689 g/mol. The van der Waals surface area contributed by atoms with Crippen molar-refractivity contribution >= 4 is 42.3 Å². The molecule has 9 heteroatoms. The lowest BCUT2D eigenvalue weighted by atomic mass is 9.86. The van der Waals surface area contributed by atoms with Crippen LogP contribution in [-0.4, -0.2) is 42.3 Å². The molecule has 0 aromatic heterocycles. The van der Waals surface area contributed by atoms with E-state index in [0.29, 0.717) is 0 Å². The summed E-state index contributed by atoms with van der Waals surface area (Å²) >= 11 is 0. The summed E-state index contributed by atoms with van der Waals surface area (Å²) in [6, 6.07) is 4.52. The summed E-state index contributed by atoms with van der Waals surface area (Å²) in [5.41, 5.74) is 0.774. The molecular weight excluding hydrogens is 613 g/mol. The van der Waals surface area contributed by atoms with E-state index >= 15 is 0 Å². The van der Waals surface area contributed by atoms with Crippen molar-refractivity contribution in [2.24, 2.45) is 5.92 Å². The number of hydrogen-bond acceptors (Lipinski definition) is 4. The SMILES string of the molecule is CCCC[Si](C)(O[Si](C)(C)CCCC1CCCCC1)O[Si](C)(CCCC)O[Si](C)(CCCC)O[Si](C)(C)C1CCCCC1. The maximum absolute atomic E-state index is 7.55. The zero-order valence-electron chi connectivity index (χ0n) is 30.8. The largest absolute Gasteiger partial charge is 0.436 e. The van der Waals surface area contributed by atoms with Crippen LogP contribution in [0.3, 0.4) is 0 Å². The van der Waals surface area contributed by atoms with Gasteiger partial charge < -0.3 is 16.5 Å². The van der Waals surface area contributed by atoms with E-state index in [0.717, 1.165) is 29.6 Å². The molecule has 0 amide bonds. The van der Waals surface area contributed by atoms with E-state index in [1.807, 2.05) is 0 Å². The molecule has 0 N–H and O–H groups in total. The van der Waals surface area contributed by atoms with Crippen molar-refractivity contribution in [3.63, 3.8) is 0 Å². The van der Waals surface area contributed by atoms with Crippen LogP contribution in [0.5, 0.6) is 0 Å². The zero-order valence-corrected chi connectivity index (χ0v) is 35.8. The molecule has 0 spiro atoms. The highest BCUT2D eigenvalue weighted by molar-refractivity contribution is 6.91. The third-order valence-corrected chi connectivity index (χ3v) is 33.1. The highest BCUT2D eigenvalue weighted by Gasteiger charge is 2.51. The second-order valence-corrected chi connectivity index (χ2v) is 35.8. The Kier molecular flexibility index (Phi) is 17.8. The van der Waals surface area contributed by atoms with Crippen molar-refractivity contribution in [3.8, 4) is 0 Å². The lowest BCUT2D eigenvalue weighted by molar-refractivity contribution is 0.276. The van der Waals surface area contributed by atoms with Crippen LogP contribution in [0.4, 0.5) is 0 Å². The van der Waals surface area contributed by atoms with Gasteiger partial charge in [-0.3, -0.25) is 0 Å². The predicted octanol–water partition coefficient (Wildman–Crippen LogP) is 12.8. The third kappa shape index (κ3) is 15.1. The third-order valence-electron chi connectivity index (χ3n) is 10.5.